The van der Waals surface area contributed by atoms with Gasteiger partial charge in [0.1, 0.15) is 12.4 Å². The largest absolute Gasteiger partial charge is 0.491 e. The van der Waals surface area contributed by atoms with Crippen molar-refractivity contribution in [3.63, 3.8) is 0 Å². The van der Waals surface area contributed by atoms with Crippen molar-refractivity contribution in [2.45, 2.75) is 44.4 Å². The second-order valence-corrected chi connectivity index (χ2v) is 8.37. The van der Waals surface area contributed by atoms with Gasteiger partial charge < -0.3 is 9.47 Å². The Morgan fingerprint density at radius 1 is 1.14 bits per heavy atom. The van der Waals surface area contributed by atoms with E-state index in [1.165, 1.54) is 6.07 Å². The molecule has 0 heterocycles. The Bertz CT molecular complexity index is 562. The molecule has 0 atom stereocenters. The van der Waals surface area contributed by atoms with Crippen LogP contribution in [-0.4, -0.2) is 28.2 Å². The lowest BCUT2D eigenvalue weighted by Crippen LogP contribution is -2.16. The van der Waals surface area contributed by atoms with Gasteiger partial charge in [0.05, 0.1) is 11.5 Å². The fourth-order valence-corrected chi connectivity index (χ4v) is 2.61. The van der Waals surface area contributed by atoms with Gasteiger partial charge in [-0.3, -0.25) is 0 Å². The fraction of sp³-hybridized carbons (Fsp3) is 0.600. The molecule has 0 radical (unpaired) electrons. The third kappa shape index (κ3) is 5.85. The van der Waals surface area contributed by atoms with Crippen molar-refractivity contribution in [1.29, 1.82) is 0 Å². The molecule has 21 heavy (non-hydrogen) atoms. The van der Waals surface area contributed by atoms with Crippen LogP contribution in [0.5, 0.6) is 5.75 Å². The van der Waals surface area contributed by atoms with Crippen LogP contribution in [0.4, 0.5) is 0 Å². The van der Waals surface area contributed by atoms with Crippen LogP contribution < -0.4 is 4.74 Å². The van der Waals surface area contributed by atoms with E-state index in [2.05, 4.69) is 0 Å². The predicted octanol–water partition coefficient (Wildman–Crippen LogP) is 3.72. The van der Waals surface area contributed by atoms with Crippen LogP contribution in [0.1, 0.15) is 39.7 Å². The molecule has 0 amide bonds. The second kappa shape index (κ2) is 7.47. The van der Waals surface area contributed by atoms with Crippen LogP contribution in [0.25, 0.3) is 0 Å². The van der Waals surface area contributed by atoms with Crippen molar-refractivity contribution in [3.05, 3.63) is 23.8 Å². The Hall–Kier alpha value is -0.780. The van der Waals surface area contributed by atoms with Crippen LogP contribution in [0.3, 0.4) is 0 Å². The Balaban J connectivity index is 2.93. The van der Waals surface area contributed by atoms with Gasteiger partial charge in [0.25, 0.3) is 9.05 Å². The van der Waals surface area contributed by atoms with E-state index in [1.807, 2.05) is 27.7 Å². The maximum Gasteiger partial charge on any atom is 0.261 e. The molecule has 0 N–H and O–H groups in total. The minimum absolute atomic E-state index is 0.0867. The summed E-state index contributed by atoms with van der Waals surface area (Å²) < 4.78 is 34.0. The maximum absolute atomic E-state index is 11.5. The summed E-state index contributed by atoms with van der Waals surface area (Å²) in [5.74, 6) is 0.659. The first-order chi connectivity index (χ1) is 9.66. The van der Waals surface area contributed by atoms with Gasteiger partial charge in [-0.05, 0) is 30.0 Å². The van der Waals surface area contributed by atoms with E-state index >= 15 is 0 Å². The average Bonchev–Trinajstić information content (AvgIpc) is 2.36. The first-order valence-electron chi connectivity index (χ1n) is 6.96. The Kier molecular flexibility index (Phi) is 6.50. The van der Waals surface area contributed by atoms with E-state index in [4.69, 9.17) is 20.2 Å². The van der Waals surface area contributed by atoms with Crippen molar-refractivity contribution in [3.8, 4) is 5.75 Å². The standard InChI is InChI=1S/C15H23ClO4S/c1-5-8-19-9-10-20-14-7-6-12(21(16,17)18)11-13(14)15(2,3)4/h6-7,11H,5,8-10H2,1-4H3. The maximum atomic E-state index is 11.5. The summed E-state index contributed by atoms with van der Waals surface area (Å²) in [6.07, 6.45) is 0.968. The molecule has 0 aliphatic heterocycles. The highest BCUT2D eigenvalue weighted by Crippen LogP contribution is 2.34. The van der Waals surface area contributed by atoms with Crippen LogP contribution in [0.15, 0.2) is 23.1 Å². The Morgan fingerprint density at radius 3 is 2.33 bits per heavy atom. The predicted molar refractivity (Wildman–Crippen MR) is 84.8 cm³/mol. The van der Waals surface area contributed by atoms with Crippen molar-refractivity contribution in [1.82, 2.24) is 0 Å². The number of hydrogen-bond acceptors (Lipinski definition) is 4. The molecule has 4 nitrogen and oxygen atoms in total. The van der Waals surface area contributed by atoms with Gasteiger partial charge in [-0.1, -0.05) is 27.7 Å². The highest BCUT2D eigenvalue weighted by atomic mass is 35.7. The zero-order valence-electron chi connectivity index (χ0n) is 13.0. The van der Waals surface area contributed by atoms with Crippen molar-refractivity contribution in [2.24, 2.45) is 0 Å². The lowest BCUT2D eigenvalue weighted by Gasteiger charge is -2.23. The SMILES string of the molecule is CCCOCCOc1ccc(S(=O)(=O)Cl)cc1C(C)(C)C. The van der Waals surface area contributed by atoms with Crippen molar-refractivity contribution >= 4 is 19.7 Å². The van der Waals surface area contributed by atoms with Crippen LogP contribution in [0, 0.1) is 0 Å². The van der Waals surface area contributed by atoms with Gasteiger partial charge >= 0.3 is 0 Å². The number of hydrogen-bond donors (Lipinski definition) is 0. The Morgan fingerprint density at radius 2 is 1.81 bits per heavy atom. The zero-order chi connectivity index (χ0) is 16.1. The molecule has 6 heteroatoms. The molecule has 1 rings (SSSR count). The van der Waals surface area contributed by atoms with Crippen LogP contribution >= 0.6 is 10.7 Å². The van der Waals surface area contributed by atoms with Gasteiger partial charge in [0, 0.05) is 22.9 Å². The zero-order valence-corrected chi connectivity index (χ0v) is 14.6. The fourth-order valence-electron chi connectivity index (χ4n) is 1.83. The summed E-state index contributed by atoms with van der Waals surface area (Å²) in [7, 11) is 1.66. The van der Waals surface area contributed by atoms with Crippen LogP contribution in [-0.2, 0) is 19.2 Å². The molecular formula is C15H23ClO4S. The molecular weight excluding hydrogens is 312 g/mol. The molecule has 0 aromatic heterocycles. The quantitative estimate of drug-likeness (QED) is 0.563. The average molecular weight is 335 g/mol. The molecule has 1 aromatic rings. The number of rotatable bonds is 7. The second-order valence-electron chi connectivity index (χ2n) is 5.81. The third-order valence-corrected chi connectivity index (χ3v) is 4.23. The highest BCUT2D eigenvalue weighted by molar-refractivity contribution is 8.13. The van der Waals surface area contributed by atoms with Gasteiger partial charge in [0.2, 0.25) is 0 Å². The highest BCUT2D eigenvalue weighted by Gasteiger charge is 2.22. The van der Waals surface area contributed by atoms with Crippen molar-refractivity contribution < 1.29 is 17.9 Å². The summed E-state index contributed by atoms with van der Waals surface area (Å²) in [5, 5.41) is 0. The molecule has 0 bridgehead atoms. The van der Waals surface area contributed by atoms with Gasteiger partial charge in [-0.25, -0.2) is 8.42 Å². The summed E-state index contributed by atoms with van der Waals surface area (Å²) >= 11 is 0. The summed E-state index contributed by atoms with van der Waals surface area (Å²) in [5.41, 5.74) is 0.553. The smallest absolute Gasteiger partial charge is 0.261 e. The lowest BCUT2D eigenvalue weighted by atomic mass is 9.86. The molecule has 120 valence electrons. The first-order valence-corrected chi connectivity index (χ1v) is 9.27. The number of ether oxygens (including phenoxy) is 2. The van der Waals surface area contributed by atoms with E-state index in [-0.39, 0.29) is 10.3 Å². The van der Waals surface area contributed by atoms with Gasteiger partial charge in [0.15, 0.2) is 0 Å². The van der Waals surface area contributed by atoms with Crippen molar-refractivity contribution in [2.75, 3.05) is 19.8 Å². The summed E-state index contributed by atoms with van der Waals surface area (Å²) in [6.45, 7) is 9.67. The lowest BCUT2D eigenvalue weighted by molar-refractivity contribution is 0.0999. The molecule has 1 aromatic carbocycles. The van der Waals surface area contributed by atoms with Gasteiger partial charge in [-0.15, -0.1) is 0 Å². The normalized spacial score (nSPS) is 12.4. The van der Waals surface area contributed by atoms with E-state index in [1.54, 1.807) is 12.1 Å². The summed E-state index contributed by atoms with van der Waals surface area (Å²) in [4.78, 5) is 0.0867. The molecule has 0 saturated heterocycles. The monoisotopic (exact) mass is 334 g/mol. The third-order valence-electron chi connectivity index (χ3n) is 2.87. The molecule has 0 fully saturated rings. The summed E-state index contributed by atoms with van der Waals surface area (Å²) in [6, 6.07) is 4.68. The Labute approximate surface area is 131 Å². The molecule has 0 saturated carbocycles. The van der Waals surface area contributed by atoms with E-state index in [9.17, 15) is 8.42 Å². The first kappa shape index (κ1) is 18.3. The molecule has 0 unspecified atom stereocenters. The number of benzene rings is 1. The molecule has 0 spiro atoms. The van der Waals surface area contributed by atoms with Gasteiger partial charge in [-0.2, -0.15) is 0 Å². The molecule has 0 aliphatic carbocycles. The van der Waals surface area contributed by atoms with Crippen LogP contribution in [0.2, 0.25) is 0 Å². The van der Waals surface area contributed by atoms with E-state index < -0.39 is 9.05 Å². The number of halogens is 1. The minimum Gasteiger partial charge on any atom is -0.491 e. The molecule has 0 aliphatic rings. The minimum atomic E-state index is -3.74. The van der Waals surface area contributed by atoms with E-state index in [0.717, 1.165) is 12.0 Å². The topological polar surface area (TPSA) is 52.6 Å². The van der Waals surface area contributed by atoms with E-state index in [0.29, 0.717) is 25.6 Å².